The zero-order chi connectivity index (χ0) is 21.2. The van der Waals surface area contributed by atoms with E-state index in [1.54, 1.807) is 17.2 Å². The molecular formula is C19H26BrFN4O3. The van der Waals surface area contributed by atoms with Crippen molar-refractivity contribution in [2.24, 2.45) is 0 Å². The number of ether oxygens (including phenoxy) is 1. The maximum Gasteiger partial charge on any atom is 0.410 e. The van der Waals surface area contributed by atoms with Crippen LogP contribution in [0.3, 0.4) is 0 Å². The highest BCUT2D eigenvalue weighted by Crippen LogP contribution is 2.21. The Morgan fingerprint density at radius 2 is 2.00 bits per heavy atom. The van der Waals surface area contributed by atoms with Crippen LogP contribution in [-0.4, -0.2) is 59.0 Å². The highest BCUT2D eigenvalue weighted by atomic mass is 79.9. The van der Waals surface area contributed by atoms with Crippen molar-refractivity contribution in [1.82, 2.24) is 20.2 Å². The maximum absolute atomic E-state index is 12.9. The van der Waals surface area contributed by atoms with Gasteiger partial charge >= 0.3 is 6.09 Å². The van der Waals surface area contributed by atoms with Crippen LogP contribution in [0.15, 0.2) is 35.7 Å². The Morgan fingerprint density at radius 1 is 1.39 bits per heavy atom. The summed E-state index contributed by atoms with van der Waals surface area (Å²) in [7, 11) is 0. The first-order valence-electron chi connectivity index (χ1n) is 8.71. The predicted molar refractivity (Wildman–Crippen MR) is 111 cm³/mol. The van der Waals surface area contributed by atoms with Crippen molar-refractivity contribution in [2.45, 2.75) is 26.4 Å². The van der Waals surface area contributed by atoms with E-state index >= 15 is 0 Å². The van der Waals surface area contributed by atoms with E-state index in [9.17, 15) is 9.18 Å². The Labute approximate surface area is 172 Å². The molecule has 1 amide bonds. The van der Waals surface area contributed by atoms with E-state index in [0.717, 1.165) is 26.2 Å². The number of hydrogen-bond acceptors (Lipinski definition) is 5. The first kappa shape index (κ1) is 23.8. The number of nitrogens with one attached hydrogen (secondary N) is 2. The monoisotopic (exact) mass is 456 g/mol. The average molecular weight is 457 g/mol. The van der Waals surface area contributed by atoms with Crippen LogP contribution in [0.25, 0.3) is 10.9 Å². The third kappa shape index (κ3) is 8.18. The molecule has 2 N–H and O–H groups in total. The molecule has 0 aliphatic carbocycles. The van der Waals surface area contributed by atoms with Crippen LogP contribution in [0, 0.1) is 5.82 Å². The van der Waals surface area contributed by atoms with Crippen molar-refractivity contribution in [3.05, 3.63) is 41.5 Å². The number of H-pyrrole nitrogens is 1. The Morgan fingerprint density at radius 3 is 2.50 bits per heavy atom. The highest BCUT2D eigenvalue weighted by Gasteiger charge is 2.22. The number of nitrogens with zero attached hydrogens (tertiary/aromatic N) is 2. The van der Waals surface area contributed by atoms with Gasteiger partial charge in [-0.25, -0.2) is 14.2 Å². The van der Waals surface area contributed by atoms with Crippen LogP contribution < -0.4 is 5.32 Å². The molecule has 0 atom stereocenters. The van der Waals surface area contributed by atoms with Crippen molar-refractivity contribution in [2.75, 3.05) is 26.2 Å². The second kappa shape index (κ2) is 11.6. The van der Waals surface area contributed by atoms with Gasteiger partial charge in [0.15, 0.2) is 5.82 Å². The smallest absolute Gasteiger partial charge is 0.410 e. The fourth-order valence-corrected chi connectivity index (χ4v) is 2.59. The number of carbonyl (C=O) groups excluding carboxylic acids is 2. The molecule has 7 nitrogen and oxygen atoms in total. The van der Waals surface area contributed by atoms with E-state index in [-0.39, 0.29) is 17.5 Å². The Bertz CT molecular complexity index is 741. The Balaban J connectivity index is 0.000000238. The molecule has 0 unspecified atom stereocenters. The molecule has 1 saturated heterocycles. The van der Waals surface area contributed by atoms with Crippen LogP contribution in [0.2, 0.25) is 0 Å². The molecule has 1 aliphatic heterocycles. The minimum Gasteiger partial charge on any atom is -0.444 e. The van der Waals surface area contributed by atoms with Crippen molar-refractivity contribution < 1.29 is 18.7 Å². The van der Waals surface area contributed by atoms with Gasteiger partial charge in [-0.05, 0) is 48.8 Å². The van der Waals surface area contributed by atoms with Gasteiger partial charge in [0.05, 0.1) is 11.7 Å². The van der Waals surface area contributed by atoms with E-state index in [2.05, 4.69) is 37.8 Å². The van der Waals surface area contributed by atoms with E-state index in [4.69, 9.17) is 9.53 Å². The summed E-state index contributed by atoms with van der Waals surface area (Å²) >= 11 is 3.20. The van der Waals surface area contributed by atoms with Crippen LogP contribution in [0.1, 0.15) is 20.8 Å². The molecule has 0 bridgehead atoms. The average Bonchev–Trinajstić information content (AvgIpc) is 3.16. The van der Waals surface area contributed by atoms with Gasteiger partial charge in [-0.15, -0.1) is 0 Å². The summed E-state index contributed by atoms with van der Waals surface area (Å²) in [4.78, 5) is 29.0. The van der Waals surface area contributed by atoms with Gasteiger partial charge in [0.2, 0.25) is 0 Å². The largest absolute Gasteiger partial charge is 0.444 e. The second-order valence-corrected chi connectivity index (χ2v) is 7.50. The van der Waals surface area contributed by atoms with Gasteiger partial charge in [-0.2, -0.15) is 0 Å². The summed E-state index contributed by atoms with van der Waals surface area (Å²) in [5.74, 6) is -0.301. The Hall–Kier alpha value is -2.26. The SMILES string of the molecule is C=CC=O.CC(C)(C)OC(=O)N1CCNCC1.Fc1cnc(Br)c2[nH]ccc12. The molecule has 0 radical (unpaired) electrons. The number of amides is 1. The maximum atomic E-state index is 12.9. The van der Waals surface area contributed by atoms with Crippen molar-refractivity contribution in [3.8, 4) is 0 Å². The van der Waals surface area contributed by atoms with Gasteiger partial charge in [0.1, 0.15) is 16.5 Å². The number of allylic oxidation sites excluding steroid dienone is 1. The second-order valence-electron chi connectivity index (χ2n) is 6.75. The minimum absolute atomic E-state index is 0.200. The lowest BCUT2D eigenvalue weighted by Crippen LogP contribution is -2.48. The summed E-state index contributed by atoms with van der Waals surface area (Å²) in [5, 5.41) is 3.74. The molecule has 0 aromatic carbocycles. The van der Waals surface area contributed by atoms with Crippen molar-refractivity contribution >= 4 is 39.2 Å². The third-order valence-electron chi connectivity index (χ3n) is 3.37. The molecule has 1 aliphatic rings. The number of aldehydes is 1. The molecule has 154 valence electrons. The molecule has 9 heteroatoms. The highest BCUT2D eigenvalue weighted by molar-refractivity contribution is 9.10. The minimum atomic E-state index is -0.387. The lowest BCUT2D eigenvalue weighted by atomic mass is 10.2. The summed E-state index contributed by atoms with van der Waals surface area (Å²) in [5.41, 5.74) is 0.312. The number of aromatic nitrogens is 2. The number of halogens is 2. The number of fused-ring (bicyclic) bond motifs is 1. The zero-order valence-corrected chi connectivity index (χ0v) is 17.9. The fourth-order valence-electron chi connectivity index (χ4n) is 2.16. The number of rotatable bonds is 1. The molecule has 0 saturated carbocycles. The normalized spacial score (nSPS) is 13.5. The molecule has 2 aromatic rings. The third-order valence-corrected chi connectivity index (χ3v) is 3.97. The molecule has 0 spiro atoms. The van der Waals surface area contributed by atoms with Gasteiger partial charge in [-0.1, -0.05) is 6.58 Å². The summed E-state index contributed by atoms with van der Waals surface area (Å²) in [6.07, 6.45) is 4.51. The number of piperazine rings is 1. The van der Waals surface area contributed by atoms with Crippen LogP contribution >= 0.6 is 15.9 Å². The molecule has 28 heavy (non-hydrogen) atoms. The van der Waals surface area contributed by atoms with Crippen LogP contribution in [0.4, 0.5) is 9.18 Å². The molecule has 3 heterocycles. The van der Waals surface area contributed by atoms with Crippen molar-refractivity contribution in [1.29, 1.82) is 0 Å². The van der Waals surface area contributed by atoms with Gasteiger partial charge in [0.25, 0.3) is 0 Å². The lowest BCUT2D eigenvalue weighted by molar-refractivity contribution is -0.104. The van der Waals surface area contributed by atoms with Crippen LogP contribution in [-0.2, 0) is 9.53 Å². The fraction of sp³-hybridized carbons (Fsp3) is 0.421. The summed E-state index contributed by atoms with van der Waals surface area (Å²) < 4.78 is 18.8. The summed E-state index contributed by atoms with van der Waals surface area (Å²) in [6.45, 7) is 12.0. The van der Waals surface area contributed by atoms with E-state index in [1.165, 1.54) is 12.3 Å². The lowest BCUT2D eigenvalue weighted by Gasteiger charge is -2.30. The standard InChI is InChI=1S/C9H18N2O2.C7H4BrFN2.C3H4O/c1-9(2,3)13-8(12)11-6-4-10-5-7-11;8-7-6-4(1-2-10-6)5(9)3-11-7;1-2-3-4/h10H,4-7H2,1-3H3;1-3,10H;2-3H,1H2. The van der Waals surface area contributed by atoms with Gasteiger partial charge < -0.3 is 19.9 Å². The van der Waals surface area contributed by atoms with Crippen molar-refractivity contribution in [3.63, 3.8) is 0 Å². The van der Waals surface area contributed by atoms with Gasteiger partial charge in [0, 0.05) is 37.8 Å². The first-order valence-corrected chi connectivity index (χ1v) is 9.50. The van der Waals surface area contributed by atoms with Gasteiger partial charge in [-0.3, -0.25) is 4.79 Å². The Kier molecular flexibility index (Phi) is 9.81. The van der Waals surface area contributed by atoms with E-state index < -0.39 is 0 Å². The number of pyridine rings is 1. The topological polar surface area (TPSA) is 87.3 Å². The van der Waals surface area contributed by atoms with E-state index in [1.807, 2.05) is 20.8 Å². The number of aromatic amines is 1. The predicted octanol–water partition coefficient (Wildman–Crippen LogP) is 3.66. The molecule has 2 aromatic heterocycles. The van der Waals surface area contributed by atoms with E-state index in [0.29, 0.717) is 21.8 Å². The molecule has 1 fully saturated rings. The van der Waals surface area contributed by atoms with Crippen LogP contribution in [0.5, 0.6) is 0 Å². The number of carbonyl (C=O) groups is 2. The zero-order valence-electron chi connectivity index (χ0n) is 16.3. The number of hydrogen-bond donors (Lipinski definition) is 2. The first-order chi connectivity index (χ1) is 13.2. The quantitative estimate of drug-likeness (QED) is 0.388. The summed E-state index contributed by atoms with van der Waals surface area (Å²) in [6, 6.07) is 1.68. The molecule has 3 rings (SSSR count). The molecular weight excluding hydrogens is 431 g/mol.